The predicted octanol–water partition coefficient (Wildman–Crippen LogP) is 4.14. The van der Waals surface area contributed by atoms with E-state index in [-0.39, 0.29) is 24.2 Å². The van der Waals surface area contributed by atoms with Crippen LogP contribution in [0.2, 0.25) is 0 Å². The van der Waals surface area contributed by atoms with Gasteiger partial charge in [0.05, 0.1) is 6.54 Å². The maximum absolute atomic E-state index is 13.0. The van der Waals surface area contributed by atoms with Gasteiger partial charge in [-0.25, -0.2) is 4.39 Å². The van der Waals surface area contributed by atoms with Crippen molar-refractivity contribution in [2.24, 2.45) is 5.92 Å². The van der Waals surface area contributed by atoms with Gasteiger partial charge < -0.3 is 15.2 Å². The summed E-state index contributed by atoms with van der Waals surface area (Å²) in [5.74, 6) is -0.271. The molecule has 5 nitrogen and oxygen atoms in total. The summed E-state index contributed by atoms with van der Waals surface area (Å²) < 4.78 is 13.0. The maximum Gasteiger partial charge on any atom is 0.254 e. The molecule has 0 bridgehead atoms. The highest BCUT2D eigenvalue weighted by Gasteiger charge is 2.21. The number of aryl methyl sites for hydroxylation is 1. The monoisotopic (exact) mass is 393 g/mol. The van der Waals surface area contributed by atoms with Gasteiger partial charge in [-0.1, -0.05) is 6.92 Å². The minimum atomic E-state index is -0.368. The molecule has 0 aliphatic heterocycles. The largest absolute Gasteiger partial charge is 0.358 e. The Morgan fingerprint density at radius 3 is 2.72 bits per heavy atom. The first-order chi connectivity index (χ1) is 13.9. The van der Waals surface area contributed by atoms with Gasteiger partial charge in [-0.05, 0) is 73.2 Å². The zero-order chi connectivity index (χ0) is 20.5. The van der Waals surface area contributed by atoms with Crippen molar-refractivity contribution in [3.05, 3.63) is 65.1 Å². The van der Waals surface area contributed by atoms with E-state index in [0.29, 0.717) is 17.2 Å². The molecule has 1 heterocycles. The number of anilines is 1. The Kier molecular flexibility index (Phi) is 5.09. The second kappa shape index (κ2) is 7.70. The summed E-state index contributed by atoms with van der Waals surface area (Å²) in [5.41, 5.74) is 4.69. The number of amides is 2. The lowest BCUT2D eigenvalue weighted by Crippen LogP contribution is -2.34. The number of carbonyl (C=O) groups excluding carboxylic acids is 2. The van der Waals surface area contributed by atoms with Gasteiger partial charge in [-0.15, -0.1) is 0 Å². The minimum absolute atomic E-state index is 0.0868. The standard InChI is InChI=1S/C23H24FN3O2/c1-14-3-9-20-18(11-14)19-12-15(4-10-21(19)26-20)23(29)27(2)13-22(28)25-17-7-5-16(24)6-8-17/h4-8,10,12,14,26H,3,9,11,13H2,1-2H3,(H,25,28)/t14-/m1/s1. The summed E-state index contributed by atoms with van der Waals surface area (Å²) in [6, 6.07) is 11.2. The Balaban J connectivity index is 1.48. The second-order valence-corrected chi connectivity index (χ2v) is 7.91. The number of benzene rings is 2. The van der Waals surface area contributed by atoms with E-state index in [0.717, 1.165) is 23.7 Å². The molecule has 0 fully saturated rings. The van der Waals surface area contributed by atoms with Crippen LogP contribution >= 0.6 is 0 Å². The summed E-state index contributed by atoms with van der Waals surface area (Å²) in [6.45, 7) is 2.17. The summed E-state index contributed by atoms with van der Waals surface area (Å²) in [6.07, 6.45) is 3.23. The van der Waals surface area contributed by atoms with Crippen LogP contribution in [0.5, 0.6) is 0 Å². The lowest BCUT2D eigenvalue weighted by atomic mass is 9.87. The van der Waals surface area contributed by atoms with Crippen LogP contribution < -0.4 is 5.32 Å². The molecule has 2 N–H and O–H groups in total. The number of hydrogen-bond acceptors (Lipinski definition) is 2. The average molecular weight is 393 g/mol. The van der Waals surface area contributed by atoms with Crippen molar-refractivity contribution >= 4 is 28.4 Å². The van der Waals surface area contributed by atoms with Gasteiger partial charge in [0.2, 0.25) is 5.91 Å². The van der Waals surface area contributed by atoms with Crippen molar-refractivity contribution in [3.8, 4) is 0 Å². The molecule has 2 amide bonds. The van der Waals surface area contributed by atoms with Crippen LogP contribution in [0.25, 0.3) is 10.9 Å². The Morgan fingerprint density at radius 2 is 1.97 bits per heavy atom. The number of hydrogen-bond donors (Lipinski definition) is 2. The molecule has 1 aliphatic carbocycles. The summed E-state index contributed by atoms with van der Waals surface area (Å²) >= 11 is 0. The van der Waals surface area contributed by atoms with Crippen LogP contribution in [0, 0.1) is 11.7 Å². The number of aromatic amines is 1. The molecule has 1 aromatic heterocycles. The molecule has 0 saturated heterocycles. The van der Waals surface area contributed by atoms with E-state index in [2.05, 4.69) is 17.2 Å². The van der Waals surface area contributed by atoms with Crippen LogP contribution in [0.15, 0.2) is 42.5 Å². The first-order valence-electron chi connectivity index (χ1n) is 9.85. The Morgan fingerprint density at radius 1 is 1.21 bits per heavy atom. The van der Waals surface area contributed by atoms with Gasteiger partial charge in [0.25, 0.3) is 5.91 Å². The van der Waals surface area contributed by atoms with Gasteiger partial charge in [-0.3, -0.25) is 9.59 Å². The second-order valence-electron chi connectivity index (χ2n) is 7.91. The van der Waals surface area contributed by atoms with Crippen LogP contribution in [0.4, 0.5) is 10.1 Å². The number of rotatable bonds is 4. The zero-order valence-electron chi connectivity index (χ0n) is 16.6. The molecule has 0 saturated carbocycles. The zero-order valence-corrected chi connectivity index (χ0v) is 16.6. The minimum Gasteiger partial charge on any atom is -0.358 e. The third-order valence-corrected chi connectivity index (χ3v) is 5.54. The average Bonchev–Trinajstić information content (AvgIpc) is 3.06. The highest BCUT2D eigenvalue weighted by atomic mass is 19.1. The number of fused-ring (bicyclic) bond motifs is 3. The molecule has 0 unspecified atom stereocenters. The smallest absolute Gasteiger partial charge is 0.254 e. The molecule has 2 aromatic carbocycles. The fourth-order valence-electron chi connectivity index (χ4n) is 3.97. The van der Waals surface area contributed by atoms with E-state index in [1.165, 1.54) is 46.8 Å². The normalized spacial score (nSPS) is 15.8. The summed E-state index contributed by atoms with van der Waals surface area (Å²) in [4.78, 5) is 30.0. The quantitative estimate of drug-likeness (QED) is 0.700. The van der Waals surface area contributed by atoms with Crippen LogP contribution in [0.3, 0.4) is 0 Å². The third-order valence-electron chi connectivity index (χ3n) is 5.54. The lowest BCUT2D eigenvalue weighted by molar-refractivity contribution is -0.116. The van der Waals surface area contributed by atoms with E-state index in [4.69, 9.17) is 0 Å². The van der Waals surface area contributed by atoms with E-state index in [9.17, 15) is 14.0 Å². The number of carbonyl (C=O) groups is 2. The van der Waals surface area contributed by atoms with Crippen molar-refractivity contribution in [3.63, 3.8) is 0 Å². The van der Waals surface area contributed by atoms with E-state index >= 15 is 0 Å². The van der Waals surface area contributed by atoms with Gasteiger partial charge in [0.15, 0.2) is 0 Å². The van der Waals surface area contributed by atoms with Crippen molar-refractivity contribution in [1.29, 1.82) is 0 Å². The number of aromatic nitrogens is 1. The molecule has 0 spiro atoms. The van der Waals surface area contributed by atoms with E-state index < -0.39 is 0 Å². The van der Waals surface area contributed by atoms with Crippen molar-refractivity contribution in [2.45, 2.75) is 26.2 Å². The maximum atomic E-state index is 13.0. The van der Waals surface area contributed by atoms with Crippen LogP contribution in [-0.2, 0) is 17.6 Å². The lowest BCUT2D eigenvalue weighted by Gasteiger charge is -2.19. The molecule has 0 radical (unpaired) electrons. The van der Waals surface area contributed by atoms with Crippen LogP contribution in [-0.4, -0.2) is 35.3 Å². The van der Waals surface area contributed by atoms with Crippen molar-refractivity contribution in [2.75, 3.05) is 18.9 Å². The molecule has 1 atom stereocenters. The molecule has 29 heavy (non-hydrogen) atoms. The fraction of sp³-hybridized carbons (Fsp3) is 0.304. The molecular weight excluding hydrogens is 369 g/mol. The Labute approximate surface area is 168 Å². The van der Waals surface area contributed by atoms with Crippen molar-refractivity contribution < 1.29 is 14.0 Å². The number of halogens is 1. The molecule has 4 rings (SSSR count). The molecule has 6 heteroatoms. The van der Waals surface area contributed by atoms with Crippen molar-refractivity contribution in [1.82, 2.24) is 9.88 Å². The summed E-state index contributed by atoms with van der Waals surface area (Å²) in [7, 11) is 1.60. The topological polar surface area (TPSA) is 65.2 Å². The predicted molar refractivity (Wildman–Crippen MR) is 111 cm³/mol. The van der Waals surface area contributed by atoms with E-state index in [1.54, 1.807) is 13.1 Å². The van der Waals surface area contributed by atoms with E-state index in [1.807, 2.05) is 12.1 Å². The van der Waals surface area contributed by atoms with Gasteiger partial charge in [-0.2, -0.15) is 0 Å². The molecule has 150 valence electrons. The van der Waals surface area contributed by atoms with Gasteiger partial charge >= 0.3 is 0 Å². The number of nitrogens with zero attached hydrogens (tertiary/aromatic N) is 1. The SMILES string of the molecule is C[C@@H]1CCc2[nH]c3ccc(C(=O)N(C)CC(=O)Nc4ccc(F)cc4)cc3c2C1. The first kappa shape index (κ1) is 19.2. The Bertz CT molecular complexity index is 1070. The number of H-pyrrole nitrogens is 1. The molecular formula is C23H24FN3O2. The Hall–Kier alpha value is -3.15. The highest BCUT2D eigenvalue weighted by molar-refractivity contribution is 6.01. The molecule has 3 aromatic rings. The fourth-order valence-corrected chi connectivity index (χ4v) is 3.97. The number of nitrogens with one attached hydrogen (secondary N) is 2. The van der Waals surface area contributed by atoms with Gasteiger partial charge in [0.1, 0.15) is 5.82 Å². The van der Waals surface area contributed by atoms with Crippen LogP contribution in [0.1, 0.15) is 35.0 Å². The first-order valence-corrected chi connectivity index (χ1v) is 9.85. The molecule has 1 aliphatic rings. The number of likely N-dealkylation sites (N-methyl/N-ethyl adjacent to an activating group) is 1. The third kappa shape index (κ3) is 4.01. The van der Waals surface area contributed by atoms with Gasteiger partial charge in [0, 0.05) is 34.9 Å². The summed E-state index contributed by atoms with van der Waals surface area (Å²) in [5, 5.41) is 3.77. The highest BCUT2D eigenvalue weighted by Crippen LogP contribution is 2.32.